The molecule has 1 aromatic heterocycles. The Hall–Kier alpha value is -1.16. The monoisotopic (exact) mass is 224 g/mol. The summed E-state index contributed by atoms with van der Waals surface area (Å²) in [4.78, 5) is 12.2. The maximum atomic E-state index is 11.5. The van der Waals surface area contributed by atoms with E-state index in [2.05, 4.69) is 17.5 Å². The predicted molar refractivity (Wildman–Crippen MR) is 64.4 cm³/mol. The van der Waals surface area contributed by atoms with Gasteiger partial charge in [-0.1, -0.05) is 19.4 Å². The third-order valence-electron chi connectivity index (χ3n) is 1.99. The molecule has 0 saturated heterocycles. The van der Waals surface area contributed by atoms with E-state index in [9.17, 15) is 4.79 Å². The summed E-state index contributed by atoms with van der Waals surface area (Å²) < 4.78 is 0. The van der Waals surface area contributed by atoms with Gasteiger partial charge in [0.1, 0.15) is 0 Å². The zero-order valence-electron chi connectivity index (χ0n) is 9.12. The van der Waals surface area contributed by atoms with Gasteiger partial charge in [0.05, 0.1) is 4.88 Å². The van der Waals surface area contributed by atoms with Gasteiger partial charge in [-0.05, 0) is 31.2 Å². The van der Waals surface area contributed by atoms with Crippen LogP contribution in [0.5, 0.6) is 0 Å². The van der Waals surface area contributed by atoms with Gasteiger partial charge in [0.2, 0.25) is 0 Å². The highest BCUT2D eigenvalue weighted by molar-refractivity contribution is 7.12. The van der Waals surface area contributed by atoms with E-state index in [1.54, 1.807) is 6.07 Å². The number of amides is 1. The molecule has 0 aliphatic rings. The molecule has 0 bridgehead atoms. The highest BCUT2D eigenvalue weighted by atomic mass is 32.1. The van der Waals surface area contributed by atoms with Crippen LogP contribution in [0, 0.1) is 0 Å². The van der Waals surface area contributed by atoms with Crippen LogP contribution in [0.4, 0.5) is 0 Å². The topological polar surface area (TPSA) is 41.5 Å². The Morgan fingerprint density at radius 2 is 2.40 bits per heavy atom. The Bertz CT molecular complexity index is 330. The lowest BCUT2D eigenvalue weighted by Gasteiger charge is -2.00. The lowest BCUT2D eigenvalue weighted by molar-refractivity contribution is 0.0958. The van der Waals surface area contributed by atoms with E-state index in [0.717, 1.165) is 25.0 Å². The largest absolute Gasteiger partial charge is 0.281 e. The van der Waals surface area contributed by atoms with E-state index in [1.165, 1.54) is 11.3 Å². The quantitative estimate of drug-likeness (QED) is 0.606. The number of hydrazone groups is 1. The second-order valence-electron chi connectivity index (χ2n) is 3.37. The fourth-order valence-corrected chi connectivity index (χ4v) is 1.71. The number of hydrogen-bond acceptors (Lipinski definition) is 3. The first-order valence-corrected chi connectivity index (χ1v) is 5.99. The summed E-state index contributed by atoms with van der Waals surface area (Å²) in [6, 6.07) is 3.64. The fourth-order valence-electron chi connectivity index (χ4n) is 1.10. The zero-order valence-corrected chi connectivity index (χ0v) is 9.93. The van der Waals surface area contributed by atoms with Crippen molar-refractivity contribution in [1.82, 2.24) is 5.43 Å². The molecule has 4 heteroatoms. The van der Waals surface area contributed by atoms with Crippen molar-refractivity contribution in [3.05, 3.63) is 22.4 Å². The van der Waals surface area contributed by atoms with Crippen LogP contribution in [0.15, 0.2) is 22.6 Å². The van der Waals surface area contributed by atoms with Gasteiger partial charge >= 0.3 is 0 Å². The van der Waals surface area contributed by atoms with Crippen LogP contribution in [0.25, 0.3) is 0 Å². The average Bonchev–Trinajstić information content (AvgIpc) is 2.76. The molecule has 0 radical (unpaired) electrons. The van der Waals surface area contributed by atoms with Gasteiger partial charge in [-0.15, -0.1) is 11.3 Å². The third kappa shape index (κ3) is 4.25. The first kappa shape index (κ1) is 11.9. The fraction of sp³-hybridized carbons (Fsp3) is 0.455. The Morgan fingerprint density at radius 3 is 3.00 bits per heavy atom. The van der Waals surface area contributed by atoms with Crippen molar-refractivity contribution in [3.63, 3.8) is 0 Å². The molecule has 82 valence electrons. The number of carbonyl (C=O) groups excluding carboxylic acids is 1. The lowest BCUT2D eigenvalue weighted by atomic mass is 10.2. The van der Waals surface area contributed by atoms with Crippen molar-refractivity contribution in [2.45, 2.75) is 33.1 Å². The van der Waals surface area contributed by atoms with Crippen molar-refractivity contribution in [2.24, 2.45) is 5.10 Å². The van der Waals surface area contributed by atoms with Crippen LogP contribution in [-0.4, -0.2) is 11.6 Å². The second kappa shape index (κ2) is 6.35. The number of unbranched alkanes of at least 4 members (excludes halogenated alkanes) is 1. The normalized spacial score (nSPS) is 11.5. The molecule has 0 unspecified atom stereocenters. The van der Waals surface area contributed by atoms with Crippen molar-refractivity contribution in [2.75, 3.05) is 0 Å². The van der Waals surface area contributed by atoms with Crippen molar-refractivity contribution in [3.8, 4) is 0 Å². The molecule has 0 atom stereocenters. The molecular weight excluding hydrogens is 208 g/mol. The van der Waals surface area contributed by atoms with Gasteiger partial charge in [-0.25, -0.2) is 5.43 Å². The van der Waals surface area contributed by atoms with Crippen molar-refractivity contribution in [1.29, 1.82) is 0 Å². The van der Waals surface area contributed by atoms with E-state index >= 15 is 0 Å². The number of rotatable bonds is 5. The molecule has 0 aliphatic carbocycles. The Kier molecular flexibility index (Phi) is 5.04. The van der Waals surface area contributed by atoms with Crippen LogP contribution in [-0.2, 0) is 0 Å². The summed E-state index contributed by atoms with van der Waals surface area (Å²) in [5, 5.41) is 5.92. The molecule has 3 nitrogen and oxygen atoms in total. The molecule has 15 heavy (non-hydrogen) atoms. The van der Waals surface area contributed by atoms with E-state index < -0.39 is 0 Å². The number of hydrogen-bond donors (Lipinski definition) is 1. The van der Waals surface area contributed by atoms with Gasteiger partial charge in [-0.3, -0.25) is 4.79 Å². The maximum Gasteiger partial charge on any atom is 0.281 e. The predicted octanol–water partition coefficient (Wildman–Crippen LogP) is 3.04. The minimum absolute atomic E-state index is 0.124. The molecule has 0 saturated carbocycles. The van der Waals surface area contributed by atoms with Gasteiger partial charge < -0.3 is 0 Å². The Labute approximate surface area is 94.2 Å². The van der Waals surface area contributed by atoms with Gasteiger partial charge in [0, 0.05) is 5.71 Å². The summed E-state index contributed by atoms with van der Waals surface area (Å²) in [6.07, 6.45) is 3.21. The number of nitrogens with one attached hydrogen (secondary N) is 1. The minimum atomic E-state index is -0.124. The Morgan fingerprint density at radius 1 is 1.60 bits per heavy atom. The first-order chi connectivity index (χ1) is 7.24. The van der Waals surface area contributed by atoms with Gasteiger partial charge in [-0.2, -0.15) is 5.10 Å². The van der Waals surface area contributed by atoms with Crippen LogP contribution in [0.1, 0.15) is 42.8 Å². The Balaban J connectivity index is 2.39. The summed E-state index contributed by atoms with van der Waals surface area (Å²) in [5.41, 5.74) is 3.53. The molecule has 0 fully saturated rings. The highest BCUT2D eigenvalue weighted by Crippen LogP contribution is 2.07. The third-order valence-corrected chi connectivity index (χ3v) is 2.85. The van der Waals surface area contributed by atoms with Gasteiger partial charge in [0.25, 0.3) is 5.91 Å². The maximum absolute atomic E-state index is 11.5. The van der Waals surface area contributed by atoms with Crippen LogP contribution < -0.4 is 5.43 Å². The lowest BCUT2D eigenvalue weighted by Crippen LogP contribution is -2.17. The van der Waals surface area contributed by atoms with Crippen molar-refractivity contribution >= 4 is 23.0 Å². The summed E-state index contributed by atoms with van der Waals surface area (Å²) in [7, 11) is 0. The van der Waals surface area contributed by atoms with Crippen molar-refractivity contribution < 1.29 is 4.79 Å². The molecule has 0 spiro atoms. The summed E-state index contributed by atoms with van der Waals surface area (Å²) in [5.74, 6) is -0.124. The van der Waals surface area contributed by atoms with Crippen LogP contribution >= 0.6 is 11.3 Å². The molecule has 1 aromatic rings. The molecule has 1 rings (SSSR count). The standard InChI is InChI=1S/C11H16N2OS/c1-3-4-6-9(2)12-13-11(14)10-7-5-8-15-10/h5,7-8H,3-4,6H2,1-2H3,(H,13,14)/b12-9+. The van der Waals surface area contributed by atoms with E-state index in [4.69, 9.17) is 0 Å². The number of thiophene rings is 1. The minimum Gasteiger partial charge on any atom is -0.266 e. The average molecular weight is 224 g/mol. The number of carbonyl (C=O) groups is 1. The molecule has 1 heterocycles. The molecular formula is C11H16N2OS. The highest BCUT2D eigenvalue weighted by Gasteiger charge is 2.04. The smallest absolute Gasteiger partial charge is 0.266 e. The molecule has 1 N–H and O–H groups in total. The molecule has 1 amide bonds. The van der Waals surface area contributed by atoms with Crippen LogP contribution in [0.2, 0.25) is 0 Å². The van der Waals surface area contributed by atoms with E-state index in [-0.39, 0.29) is 5.91 Å². The first-order valence-electron chi connectivity index (χ1n) is 5.11. The van der Waals surface area contributed by atoms with E-state index in [0.29, 0.717) is 4.88 Å². The second-order valence-corrected chi connectivity index (χ2v) is 4.32. The van der Waals surface area contributed by atoms with Crippen LogP contribution in [0.3, 0.4) is 0 Å². The molecule has 0 aromatic carbocycles. The zero-order chi connectivity index (χ0) is 11.1. The SMILES string of the molecule is CCCC/C(C)=N/NC(=O)c1cccs1. The summed E-state index contributed by atoms with van der Waals surface area (Å²) in [6.45, 7) is 4.07. The molecule has 0 aliphatic heterocycles. The van der Waals surface area contributed by atoms with Gasteiger partial charge in [0.15, 0.2) is 0 Å². The number of nitrogens with zero attached hydrogens (tertiary/aromatic N) is 1. The van der Waals surface area contributed by atoms with E-state index in [1.807, 2.05) is 18.4 Å². The summed E-state index contributed by atoms with van der Waals surface area (Å²) >= 11 is 1.42.